The highest BCUT2D eigenvalue weighted by molar-refractivity contribution is 8.93. The smallest absolute Gasteiger partial charge is 0.156 e. The number of aliphatic imine (C=N–C) groups is 1. The number of hydrogen-bond acceptors (Lipinski definition) is 3. The molecule has 1 heterocycles. The summed E-state index contributed by atoms with van der Waals surface area (Å²) < 4.78 is 0. The quantitative estimate of drug-likeness (QED) is 0.641. The molecule has 0 atom stereocenters. The van der Waals surface area contributed by atoms with Crippen LogP contribution < -0.4 is 5.32 Å². The molecule has 0 radical (unpaired) electrons. The molecule has 0 aliphatic carbocycles. The zero-order chi connectivity index (χ0) is 9.52. The van der Waals surface area contributed by atoms with E-state index in [1.165, 1.54) is 0 Å². The molecule has 4 nitrogen and oxygen atoms in total. The summed E-state index contributed by atoms with van der Waals surface area (Å²) in [6, 6.07) is 0. The molecule has 1 aromatic heterocycles. The minimum atomic E-state index is 0. The number of H-pyrrole nitrogens is 1. The molecule has 0 fully saturated rings. The Morgan fingerprint density at radius 2 is 2.33 bits per heavy atom. The van der Waals surface area contributed by atoms with Crippen LogP contribution in [0, 0.1) is 0 Å². The molecule has 0 aliphatic heterocycles. The molecule has 0 unspecified atom stereocenters. The van der Waals surface area contributed by atoms with Crippen molar-refractivity contribution in [2.75, 3.05) is 19.8 Å². The van der Waals surface area contributed by atoms with E-state index in [0.717, 1.165) is 23.2 Å². The Bertz CT molecular complexity index is 264. The van der Waals surface area contributed by atoms with Gasteiger partial charge in [-0.2, -0.15) is 0 Å². The molecule has 0 amide bonds. The van der Waals surface area contributed by atoms with Crippen LogP contribution in [0.15, 0.2) is 17.4 Å². The van der Waals surface area contributed by atoms with Crippen LogP contribution in [-0.2, 0) is 6.42 Å². The number of thioether (sulfide) groups is 1. The highest BCUT2D eigenvalue weighted by Gasteiger charge is 1.98. The number of aryl methyl sites for hydroxylation is 1. The van der Waals surface area contributed by atoms with Crippen LogP contribution in [0.2, 0.25) is 0 Å². The van der Waals surface area contributed by atoms with Crippen molar-refractivity contribution in [2.24, 2.45) is 4.99 Å². The molecule has 1 rings (SSSR count). The van der Waals surface area contributed by atoms with E-state index in [9.17, 15) is 0 Å². The minimum absolute atomic E-state index is 0. The van der Waals surface area contributed by atoms with Crippen LogP contribution >= 0.6 is 45.7 Å². The van der Waals surface area contributed by atoms with E-state index in [2.05, 4.69) is 20.3 Å². The maximum atomic E-state index is 4.14. The fraction of sp³-hybridized carbons (Fsp3) is 0.500. The van der Waals surface area contributed by atoms with Gasteiger partial charge >= 0.3 is 0 Å². The van der Waals surface area contributed by atoms with Gasteiger partial charge in [-0.1, -0.05) is 11.8 Å². The molecule has 2 N–H and O–H groups in total. The van der Waals surface area contributed by atoms with Crippen LogP contribution in [0.5, 0.6) is 0 Å². The monoisotopic (exact) mass is 358 g/mol. The Balaban J connectivity index is 0. The van der Waals surface area contributed by atoms with Gasteiger partial charge in [0.15, 0.2) is 5.17 Å². The molecule has 0 spiro atoms. The summed E-state index contributed by atoms with van der Waals surface area (Å²) in [6.07, 6.45) is 4.55. The van der Waals surface area contributed by atoms with Crippen molar-refractivity contribution in [3.05, 3.63) is 18.2 Å². The maximum absolute atomic E-state index is 4.14. The lowest BCUT2D eigenvalue weighted by Crippen LogP contribution is -2.14. The van der Waals surface area contributed by atoms with E-state index in [1.54, 1.807) is 25.0 Å². The summed E-state index contributed by atoms with van der Waals surface area (Å²) in [5.74, 6) is 2.01. The van der Waals surface area contributed by atoms with E-state index in [4.69, 9.17) is 0 Å². The van der Waals surface area contributed by atoms with Gasteiger partial charge in [-0.25, -0.2) is 4.98 Å². The molecule has 0 aromatic carbocycles. The zero-order valence-electron chi connectivity index (χ0n) is 8.69. The number of rotatable bonds is 3. The van der Waals surface area contributed by atoms with Crippen LogP contribution in [-0.4, -0.2) is 35.0 Å². The third-order valence-corrected chi connectivity index (χ3v) is 2.62. The highest BCUT2D eigenvalue weighted by atomic mass is 79.9. The molecule has 0 saturated heterocycles. The molecule has 7 heteroatoms. The second-order valence-corrected chi connectivity index (χ2v) is 3.50. The van der Waals surface area contributed by atoms with Gasteiger partial charge in [-0.15, -0.1) is 34.0 Å². The lowest BCUT2D eigenvalue weighted by molar-refractivity contribution is 1.00. The van der Waals surface area contributed by atoms with E-state index >= 15 is 0 Å². The summed E-state index contributed by atoms with van der Waals surface area (Å²) in [4.78, 5) is 11.3. The number of hydrogen-bond donors (Lipinski definition) is 2. The average molecular weight is 360 g/mol. The third-order valence-electron chi connectivity index (χ3n) is 1.55. The number of aromatic amines is 1. The van der Waals surface area contributed by atoms with Gasteiger partial charge < -0.3 is 10.3 Å². The fourth-order valence-corrected chi connectivity index (χ4v) is 1.69. The van der Waals surface area contributed by atoms with Crippen molar-refractivity contribution in [1.29, 1.82) is 0 Å². The topological polar surface area (TPSA) is 53.1 Å². The van der Waals surface area contributed by atoms with Crippen LogP contribution in [0.25, 0.3) is 0 Å². The molecule has 1 aromatic rings. The first kappa shape index (κ1) is 17.4. The number of nitrogens with zero attached hydrogens (tertiary/aromatic N) is 2. The van der Waals surface area contributed by atoms with Gasteiger partial charge in [0.05, 0.1) is 0 Å². The van der Waals surface area contributed by atoms with Crippen LogP contribution in [0.4, 0.5) is 0 Å². The third kappa shape index (κ3) is 6.97. The van der Waals surface area contributed by atoms with Crippen molar-refractivity contribution >= 4 is 50.9 Å². The standard InChI is InChI=1S/C8H14N4S.2BrH/c1-9-8(10-2)13-6-3-7-11-4-5-12-7;;/h4-5H,3,6H2,1-2H3,(H,9,10)(H,11,12);2*1H. The Kier molecular flexibility index (Phi) is 12.2. The lowest BCUT2D eigenvalue weighted by atomic mass is 10.5. The van der Waals surface area contributed by atoms with Crippen LogP contribution in [0.3, 0.4) is 0 Å². The zero-order valence-corrected chi connectivity index (χ0v) is 12.9. The van der Waals surface area contributed by atoms with Crippen molar-refractivity contribution in [3.8, 4) is 0 Å². The summed E-state index contributed by atoms with van der Waals surface area (Å²) >= 11 is 1.70. The second-order valence-electron chi connectivity index (χ2n) is 2.41. The number of halogens is 2. The van der Waals surface area contributed by atoms with Gasteiger partial charge in [0.25, 0.3) is 0 Å². The summed E-state index contributed by atoms with van der Waals surface area (Å²) in [6.45, 7) is 0. The number of amidine groups is 1. The molecule has 15 heavy (non-hydrogen) atoms. The number of nitrogens with one attached hydrogen (secondary N) is 2. The van der Waals surface area contributed by atoms with E-state index in [-0.39, 0.29) is 34.0 Å². The molecular formula is C8H16Br2N4S. The Morgan fingerprint density at radius 3 is 2.80 bits per heavy atom. The van der Waals surface area contributed by atoms with E-state index in [0.29, 0.717) is 0 Å². The fourth-order valence-electron chi connectivity index (χ4n) is 0.928. The Labute approximate surface area is 115 Å². The lowest BCUT2D eigenvalue weighted by Gasteiger charge is -2.02. The predicted octanol–water partition coefficient (Wildman–Crippen LogP) is 2.05. The normalized spacial score (nSPS) is 10.1. The molecular weight excluding hydrogens is 344 g/mol. The van der Waals surface area contributed by atoms with E-state index < -0.39 is 0 Å². The maximum Gasteiger partial charge on any atom is 0.156 e. The van der Waals surface area contributed by atoms with Crippen molar-refractivity contribution < 1.29 is 0 Å². The van der Waals surface area contributed by atoms with Crippen molar-refractivity contribution in [1.82, 2.24) is 15.3 Å². The highest BCUT2D eigenvalue weighted by Crippen LogP contribution is 2.04. The average Bonchev–Trinajstić information content (AvgIpc) is 2.65. The summed E-state index contributed by atoms with van der Waals surface area (Å²) in [7, 11) is 3.66. The number of imidazole rings is 1. The van der Waals surface area contributed by atoms with Gasteiger partial charge in [-0.3, -0.25) is 4.99 Å². The number of aromatic nitrogens is 2. The Hall–Kier alpha value is -0.0100. The first-order valence-electron chi connectivity index (χ1n) is 4.12. The molecule has 88 valence electrons. The first-order valence-corrected chi connectivity index (χ1v) is 5.11. The van der Waals surface area contributed by atoms with Crippen LogP contribution in [0.1, 0.15) is 5.82 Å². The minimum Gasteiger partial charge on any atom is -0.368 e. The molecule has 0 saturated carbocycles. The van der Waals surface area contributed by atoms with Gasteiger partial charge in [0.1, 0.15) is 5.82 Å². The second kappa shape index (κ2) is 10.5. The van der Waals surface area contributed by atoms with Gasteiger partial charge in [-0.05, 0) is 0 Å². The Morgan fingerprint density at radius 1 is 1.60 bits per heavy atom. The molecule has 0 aliphatic rings. The van der Waals surface area contributed by atoms with Crippen molar-refractivity contribution in [3.63, 3.8) is 0 Å². The summed E-state index contributed by atoms with van der Waals surface area (Å²) in [5, 5.41) is 3.98. The van der Waals surface area contributed by atoms with Gasteiger partial charge in [0.2, 0.25) is 0 Å². The predicted molar refractivity (Wildman–Crippen MR) is 77.8 cm³/mol. The van der Waals surface area contributed by atoms with Crippen molar-refractivity contribution in [2.45, 2.75) is 6.42 Å². The largest absolute Gasteiger partial charge is 0.368 e. The molecule has 0 bridgehead atoms. The SMILES string of the molecule is Br.Br.CN=C(NC)SCCc1ncc[nH]1. The van der Waals surface area contributed by atoms with Gasteiger partial charge in [0, 0.05) is 38.7 Å². The first-order chi connectivity index (χ1) is 6.36. The summed E-state index contributed by atoms with van der Waals surface area (Å²) in [5.41, 5.74) is 0. The van der Waals surface area contributed by atoms with E-state index in [1.807, 2.05) is 13.2 Å².